The minimum Gasteiger partial charge on any atom is -0.493 e. The number of aromatic nitrogens is 2. The lowest BCUT2D eigenvalue weighted by Gasteiger charge is -2.14. The van der Waals surface area contributed by atoms with E-state index in [0.29, 0.717) is 33.8 Å². The molecule has 0 aliphatic heterocycles. The maximum absolute atomic E-state index is 13.5. The molecule has 0 atom stereocenters. The number of carbonyl (C=O) groups excluding carboxylic acids is 1. The van der Waals surface area contributed by atoms with Crippen molar-refractivity contribution < 1.29 is 18.7 Å². The summed E-state index contributed by atoms with van der Waals surface area (Å²) in [5, 5.41) is 12.5. The molecule has 1 aromatic heterocycles. The minimum atomic E-state index is -0.405. The number of carbonyl (C=O) groups is 1. The van der Waals surface area contributed by atoms with E-state index in [-0.39, 0.29) is 23.9 Å². The molecule has 0 aliphatic rings. The zero-order valence-corrected chi connectivity index (χ0v) is 18.6. The molecule has 0 fully saturated rings. The van der Waals surface area contributed by atoms with Crippen molar-refractivity contribution in [3.63, 3.8) is 0 Å². The van der Waals surface area contributed by atoms with Gasteiger partial charge in [0.1, 0.15) is 17.7 Å². The van der Waals surface area contributed by atoms with Crippen LogP contribution >= 0.6 is 0 Å². The van der Waals surface area contributed by atoms with Crippen LogP contribution in [0.2, 0.25) is 0 Å². The molecule has 0 saturated heterocycles. The Hall–Kier alpha value is -4.64. The summed E-state index contributed by atoms with van der Waals surface area (Å²) < 4.78 is 24.7. The van der Waals surface area contributed by atoms with Crippen molar-refractivity contribution in [3.8, 4) is 17.6 Å². The summed E-state index contributed by atoms with van der Waals surface area (Å²) in [7, 11) is 1.49. The predicted molar refractivity (Wildman–Crippen MR) is 128 cm³/mol. The summed E-state index contributed by atoms with van der Waals surface area (Å²) in [5.74, 6) is 0.246. The summed E-state index contributed by atoms with van der Waals surface area (Å²) in [6, 6.07) is 18.8. The molecule has 1 amide bonds. The van der Waals surface area contributed by atoms with Crippen molar-refractivity contribution in [1.29, 1.82) is 5.26 Å². The standard InChI is InChI=1S/C26H21FN4O3/c1-16-6-9-20(10-7-16)29-24(32)15-34-25-17(4-3-5-23(25)33-2)12-18(14-28)26-30-21-11-8-19(27)13-22(21)31-26/h3-13H,15H2,1-2H3,(H,29,32)(H,30,31)/b18-12-. The molecule has 34 heavy (non-hydrogen) atoms. The fourth-order valence-corrected chi connectivity index (χ4v) is 3.35. The number of nitrogens with one attached hydrogen (secondary N) is 2. The van der Waals surface area contributed by atoms with Crippen LogP contribution in [0.3, 0.4) is 0 Å². The van der Waals surface area contributed by atoms with Gasteiger partial charge in [0.25, 0.3) is 5.91 Å². The fraction of sp³-hybridized carbons (Fsp3) is 0.115. The third-order valence-electron chi connectivity index (χ3n) is 5.03. The van der Waals surface area contributed by atoms with E-state index in [4.69, 9.17) is 9.47 Å². The van der Waals surface area contributed by atoms with Crippen LogP contribution < -0.4 is 14.8 Å². The second-order valence-corrected chi connectivity index (χ2v) is 7.50. The number of nitriles is 1. The second kappa shape index (κ2) is 9.88. The lowest BCUT2D eigenvalue weighted by atomic mass is 10.1. The van der Waals surface area contributed by atoms with Gasteiger partial charge in [0.15, 0.2) is 18.1 Å². The molecule has 4 aromatic rings. The number of benzene rings is 3. The molecule has 2 N–H and O–H groups in total. The van der Waals surface area contributed by atoms with Crippen LogP contribution in [0.4, 0.5) is 10.1 Å². The highest BCUT2D eigenvalue weighted by molar-refractivity contribution is 5.93. The molecule has 4 rings (SSSR count). The minimum absolute atomic E-state index is 0.207. The van der Waals surface area contributed by atoms with Crippen LogP contribution in [0, 0.1) is 24.1 Å². The zero-order chi connectivity index (χ0) is 24.1. The molecule has 0 unspecified atom stereocenters. The number of amides is 1. The number of nitrogens with zero attached hydrogens (tertiary/aromatic N) is 2. The molecule has 0 saturated carbocycles. The molecule has 8 heteroatoms. The van der Waals surface area contributed by atoms with Gasteiger partial charge in [0.2, 0.25) is 0 Å². The number of hydrogen-bond donors (Lipinski definition) is 2. The largest absolute Gasteiger partial charge is 0.493 e. The fourth-order valence-electron chi connectivity index (χ4n) is 3.35. The maximum atomic E-state index is 13.5. The molecule has 0 radical (unpaired) electrons. The smallest absolute Gasteiger partial charge is 0.262 e. The third-order valence-corrected chi connectivity index (χ3v) is 5.03. The van der Waals surface area contributed by atoms with E-state index in [1.165, 1.54) is 25.3 Å². The monoisotopic (exact) mass is 456 g/mol. The Kier molecular flexibility index (Phi) is 6.55. The number of allylic oxidation sites excluding steroid dienone is 1. The lowest BCUT2D eigenvalue weighted by Crippen LogP contribution is -2.20. The maximum Gasteiger partial charge on any atom is 0.262 e. The molecule has 0 aliphatic carbocycles. The van der Waals surface area contributed by atoms with Crippen LogP contribution in [0.1, 0.15) is 17.0 Å². The van der Waals surface area contributed by atoms with E-state index in [2.05, 4.69) is 21.4 Å². The van der Waals surface area contributed by atoms with Crippen molar-refractivity contribution in [2.75, 3.05) is 19.0 Å². The van der Waals surface area contributed by atoms with Crippen molar-refractivity contribution in [2.24, 2.45) is 0 Å². The summed E-state index contributed by atoms with van der Waals surface area (Å²) in [6.07, 6.45) is 1.57. The summed E-state index contributed by atoms with van der Waals surface area (Å²) in [5.41, 5.74) is 3.48. The first kappa shape index (κ1) is 22.6. The van der Waals surface area contributed by atoms with Gasteiger partial charge < -0.3 is 19.8 Å². The number of aryl methyl sites for hydroxylation is 1. The SMILES string of the molecule is COc1cccc(/C=C(/C#N)c2nc3ccc(F)cc3[nH]2)c1OCC(=O)Nc1ccc(C)cc1. The van der Waals surface area contributed by atoms with Gasteiger partial charge in [-0.3, -0.25) is 4.79 Å². The molecule has 170 valence electrons. The van der Waals surface area contributed by atoms with Gasteiger partial charge in [-0.25, -0.2) is 9.37 Å². The Bertz CT molecular complexity index is 1420. The van der Waals surface area contributed by atoms with Crippen LogP contribution in [0.15, 0.2) is 60.7 Å². The number of halogens is 1. The first-order chi connectivity index (χ1) is 16.5. The number of rotatable bonds is 7. The van der Waals surface area contributed by atoms with E-state index in [9.17, 15) is 14.4 Å². The average molecular weight is 456 g/mol. The normalized spacial score (nSPS) is 11.2. The zero-order valence-electron chi connectivity index (χ0n) is 18.6. The van der Waals surface area contributed by atoms with E-state index < -0.39 is 5.82 Å². The number of aromatic amines is 1. The number of ether oxygens (including phenoxy) is 2. The van der Waals surface area contributed by atoms with E-state index in [1.807, 2.05) is 31.2 Å². The number of methoxy groups -OCH3 is 1. The lowest BCUT2D eigenvalue weighted by molar-refractivity contribution is -0.118. The van der Waals surface area contributed by atoms with Crippen molar-refractivity contribution in [3.05, 3.63) is 83.4 Å². The number of H-pyrrole nitrogens is 1. The summed E-state index contributed by atoms with van der Waals surface area (Å²) in [4.78, 5) is 19.7. The second-order valence-electron chi connectivity index (χ2n) is 7.50. The third kappa shape index (κ3) is 5.05. The van der Waals surface area contributed by atoms with Crippen LogP contribution in [0.5, 0.6) is 11.5 Å². The number of fused-ring (bicyclic) bond motifs is 1. The highest BCUT2D eigenvalue weighted by Crippen LogP contribution is 2.33. The van der Waals surface area contributed by atoms with E-state index in [1.54, 1.807) is 24.3 Å². The molecule has 0 bridgehead atoms. The number of hydrogen-bond acceptors (Lipinski definition) is 5. The van der Waals surface area contributed by atoms with Crippen LogP contribution in [-0.4, -0.2) is 29.6 Å². The van der Waals surface area contributed by atoms with Crippen molar-refractivity contribution in [1.82, 2.24) is 9.97 Å². The Labute approximate surface area is 195 Å². The highest BCUT2D eigenvalue weighted by Gasteiger charge is 2.15. The number of imidazole rings is 1. The van der Waals surface area contributed by atoms with E-state index in [0.717, 1.165) is 5.56 Å². The van der Waals surface area contributed by atoms with Gasteiger partial charge in [-0.1, -0.05) is 29.8 Å². The Morgan fingerprint density at radius 1 is 1.21 bits per heavy atom. The van der Waals surface area contributed by atoms with Crippen molar-refractivity contribution >= 4 is 34.3 Å². The van der Waals surface area contributed by atoms with Crippen molar-refractivity contribution in [2.45, 2.75) is 6.92 Å². The Morgan fingerprint density at radius 3 is 2.74 bits per heavy atom. The summed E-state index contributed by atoms with van der Waals surface area (Å²) in [6.45, 7) is 1.70. The first-order valence-corrected chi connectivity index (χ1v) is 10.4. The molecular formula is C26H21FN4O3. The molecule has 3 aromatic carbocycles. The number of anilines is 1. The first-order valence-electron chi connectivity index (χ1n) is 10.4. The predicted octanol–water partition coefficient (Wildman–Crippen LogP) is 5.10. The Balaban J connectivity index is 1.60. The van der Waals surface area contributed by atoms with Gasteiger partial charge in [-0.15, -0.1) is 0 Å². The van der Waals surface area contributed by atoms with Gasteiger partial charge in [0, 0.05) is 11.3 Å². The average Bonchev–Trinajstić information content (AvgIpc) is 3.25. The van der Waals surface area contributed by atoms with E-state index >= 15 is 0 Å². The van der Waals surface area contributed by atoms with Gasteiger partial charge in [0.05, 0.1) is 23.7 Å². The van der Waals surface area contributed by atoms with Crippen LogP contribution in [-0.2, 0) is 4.79 Å². The molecular weight excluding hydrogens is 435 g/mol. The van der Waals surface area contributed by atoms with Gasteiger partial charge >= 0.3 is 0 Å². The topological polar surface area (TPSA) is 100 Å². The van der Waals surface area contributed by atoms with Crippen LogP contribution in [0.25, 0.3) is 22.7 Å². The van der Waals surface area contributed by atoms with Gasteiger partial charge in [-0.2, -0.15) is 5.26 Å². The molecule has 7 nitrogen and oxygen atoms in total. The molecule has 0 spiro atoms. The quantitative estimate of drug-likeness (QED) is 0.377. The highest BCUT2D eigenvalue weighted by atomic mass is 19.1. The number of para-hydroxylation sites is 1. The Morgan fingerprint density at radius 2 is 2.00 bits per heavy atom. The summed E-state index contributed by atoms with van der Waals surface area (Å²) >= 11 is 0. The van der Waals surface area contributed by atoms with Gasteiger partial charge in [-0.05, 0) is 49.4 Å². The molecule has 1 heterocycles.